The van der Waals surface area contributed by atoms with Gasteiger partial charge in [0.05, 0.1) is 6.61 Å². The van der Waals surface area contributed by atoms with Crippen LogP contribution < -0.4 is 15.8 Å². The van der Waals surface area contributed by atoms with Crippen LogP contribution in [0.5, 0.6) is 5.75 Å². The zero-order valence-electron chi connectivity index (χ0n) is 18.2. The van der Waals surface area contributed by atoms with Crippen LogP contribution in [0.1, 0.15) is 28.0 Å². The number of carbonyl (C=O) groups excluding carboxylic acids is 2. The quantitative estimate of drug-likeness (QED) is 0.0941. The number of hydrogen-bond donors (Lipinski definition) is 6. The number of aliphatic hydroxyl groups excluding tert-OH is 1. The predicted octanol–water partition coefficient (Wildman–Crippen LogP) is 1.24. The van der Waals surface area contributed by atoms with Crippen molar-refractivity contribution in [3.05, 3.63) is 51.5 Å². The Morgan fingerprint density at radius 1 is 1.22 bits per heavy atom. The lowest BCUT2D eigenvalue weighted by molar-refractivity contribution is -0.192. The van der Waals surface area contributed by atoms with Crippen molar-refractivity contribution in [2.75, 3.05) is 6.61 Å². The number of halogens is 3. The second-order valence-corrected chi connectivity index (χ2v) is 7.47. The average Bonchev–Trinajstić information content (AvgIpc) is 3.25. The van der Waals surface area contributed by atoms with E-state index < -0.39 is 42.6 Å². The number of carboxylic acids is 2. The monoisotopic (exact) mass is 532 g/mol. The lowest BCUT2D eigenvalue weighted by Gasteiger charge is -2.11. The lowest BCUT2D eigenvalue weighted by atomic mass is 10.2. The highest BCUT2D eigenvalue weighted by atomic mass is 32.1. The number of amidine groups is 1. The number of nitrogens with zero attached hydrogens (tertiary/aromatic N) is 1. The highest BCUT2D eigenvalue weighted by molar-refractivity contribution is 7.10. The number of aromatic nitrogens is 1. The van der Waals surface area contributed by atoms with Gasteiger partial charge in [-0.05, 0) is 37.3 Å². The molecule has 36 heavy (non-hydrogen) atoms. The van der Waals surface area contributed by atoms with Gasteiger partial charge in [-0.25, -0.2) is 19.4 Å². The van der Waals surface area contributed by atoms with E-state index in [1.807, 2.05) is 0 Å². The molecule has 0 aliphatic rings. The van der Waals surface area contributed by atoms with Crippen LogP contribution >= 0.6 is 11.3 Å². The van der Waals surface area contributed by atoms with Crippen molar-refractivity contribution >= 4 is 47.1 Å². The minimum atomic E-state index is -5.08. The molecule has 0 saturated carbocycles. The fourth-order valence-corrected chi connectivity index (χ4v) is 2.80. The zero-order valence-corrected chi connectivity index (χ0v) is 19.0. The van der Waals surface area contributed by atoms with Gasteiger partial charge >= 0.3 is 24.1 Å². The summed E-state index contributed by atoms with van der Waals surface area (Å²) in [5.41, 5.74) is 6.04. The summed E-state index contributed by atoms with van der Waals surface area (Å²) in [6.07, 6.45) is -3.70. The Morgan fingerprint density at radius 2 is 1.78 bits per heavy atom. The molecule has 0 saturated heterocycles. The maximum atomic E-state index is 12.2. The number of aliphatic hydroxyl groups is 1. The number of nitrogens with one attached hydrogen (secondary N) is 2. The number of carbonyl (C=O) groups is 4. The molecule has 0 spiro atoms. The van der Waals surface area contributed by atoms with E-state index in [1.54, 1.807) is 12.1 Å². The van der Waals surface area contributed by atoms with Crippen molar-refractivity contribution in [1.82, 2.24) is 10.3 Å². The minimum absolute atomic E-state index is 0.0314. The van der Waals surface area contributed by atoms with E-state index in [0.717, 1.165) is 11.3 Å². The first-order chi connectivity index (χ1) is 16.6. The van der Waals surface area contributed by atoms with Crippen molar-refractivity contribution in [3.8, 4) is 5.75 Å². The molecule has 12 nitrogen and oxygen atoms in total. The van der Waals surface area contributed by atoms with E-state index in [4.69, 9.17) is 36.0 Å². The molecular weight excluding hydrogens is 513 g/mol. The van der Waals surface area contributed by atoms with Gasteiger partial charge in [0.15, 0.2) is 11.7 Å². The van der Waals surface area contributed by atoms with Crippen LogP contribution in [0.25, 0.3) is 6.08 Å². The summed E-state index contributed by atoms with van der Waals surface area (Å²) in [6, 6.07) is 4.66. The van der Waals surface area contributed by atoms with Gasteiger partial charge in [0.1, 0.15) is 16.6 Å². The summed E-state index contributed by atoms with van der Waals surface area (Å²) in [5, 5.41) is 36.2. The number of nitrogens with two attached hydrogens (primary N) is 1. The molecule has 1 aromatic heterocycles. The normalized spacial score (nSPS) is 12.0. The molecule has 1 heterocycles. The number of alkyl halides is 3. The third-order valence-electron chi connectivity index (χ3n) is 3.83. The zero-order chi connectivity index (χ0) is 27.6. The molecule has 0 aliphatic heterocycles. The van der Waals surface area contributed by atoms with E-state index in [9.17, 15) is 27.6 Å². The van der Waals surface area contributed by atoms with Gasteiger partial charge in [0.2, 0.25) is 5.91 Å². The van der Waals surface area contributed by atoms with Crippen molar-refractivity contribution in [2.24, 2.45) is 5.73 Å². The number of benzene rings is 1. The number of rotatable bonds is 8. The van der Waals surface area contributed by atoms with Gasteiger partial charge in [0.25, 0.3) is 0 Å². The fourth-order valence-electron chi connectivity index (χ4n) is 2.02. The number of hydrogen-bond acceptors (Lipinski definition) is 9. The molecule has 0 aliphatic carbocycles. The fraction of sp³-hybridized carbons (Fsp3) is 0.200. The molecule has 194 valence electrons. The van der Waals surface area contributed by atoms with Crippen LogP contribution in [-0.2, 0) is 14.4 Å². The van der Waals surface area contributed by atoms with E-state index in [1.165, 1.54) is 30.5 Å². The van der Waals surface area contributed by atoms with Crippen LogP contribution in [0.15, 0.2) is 35.2 Å². The van der Waals surface area contributed by atoms with Crippen LogP contribution in [0.4, 0.5) is 13.2 Å². The first-order valence-corrected chi connectivity index (χ1v) is 10.3. The SMILES string of the molecule is C/C(=C\c1nc(C(=O)Oc2ccc(C(=N)N)cc2)cs1)C(=O)N[C@@H](CO)C(=O)O.O=C(O)C(F)(F)F. The average molecular weight is 532 g/mol. The van der Waals surface area contributed by atoms with Gasteiger partial charge in [0, 0.05) is 16.5 Å². The largest absolute Gasteiger partial charge is 0.490 e. The Morgan fingerprint density at radius 3 is 2.22 bits per heavy atom. The van der Waals surface area contributed by atoms with E-state index in [-0.39, 0.29) is 22.9 Å². The molecule has 7 N–H and O–H groups in total. The number of ether oxygens (including phenoxy) is 1. The number of esters is 1. The highest BCUT2D eigenvalue weighted by Gasteiger charge is 2.38. The van der Waals surface area contributed by atoms with Gasteiger partial charge in [-0.15, -0.1) is 11.3 Å². The van der Waals surface area contributed by atoms with Gasteiger partial charge in [-0.3, -0.25) is 10.2 Å². The summed E-state index contributed by atoms with van der Waals surface area (Å²) < 4.78 is 36.9. The van der Waals surface area contributed by atoms with E-state index >= 15 is 0 Å². The molecule has 1 atom stereocenters. The van der Waals surface area contributed by atoms with Crippen LogP contribution in [-0.4, -0.2) is 68.8 Å². The second kappa shape index (κ2) is 13.0. The summed E-state index contributed by atoms with van der Waals surface area (Å²) in [4.78, 5) is 48.0. The number of thiazole rings is 1. The first-order valence-electron chi connectivity index (χ1n) is 9.40. The van der Waals surface area contributed by atoms with Gasteiger partial charge < -0.3 is 31.1 Å². The molecule has 0 unspecified atom stereocenters. The number of nitrogen functional groups attached to an aromatic ring is 1. The molecule has 2 aromatic rings. The first kappa shape index (κ1) is 29.7. The van der Waals surface area contributed by atoms with E-state index in [2.05, 4.69) is 10.3 Å². The standard InChI is InChI=1S/C18H18N4O6S.C2HF3O2/c1-9(16(24)22-12(7-23)17(25)26)6-14-21-13(8-29-14)18(27)28-11-4-2-10(3-5-11)15(19)20;3-2(4,5)1(6)7/h2-6,8,12,23H,7H2,1H3,(H3,19,20)(H,22,24)(H,25,26);(H,6,7)/b9-6+;/t12-;/m0./s1. The summed E-state index contributed by atoms with van der Waals surface area (Å²) in [6.45, 7) is 0.705. The molecule has 0 fully saturated rings. The summed E-state index contributed by atoms with van der Waals surface area (Å²) >= 11 is 1.09. The van der Waals surface area contributed by atoms with Crippen LogP contribution in [0, 0.1) is 5.41 Å². The van der Waals surface area contributed by atoms with E-state index in [0.29, 0.717) is 10.6 Å². The van der Waals surface area contributed by atoms with Gasteiger partial charge in [-0.1, -0.05) is 0 Å². The van der Waals surface area contributed by atoms with Gasteiger partial charge in [-0.2, -0.15) is 13.2 Å². The second-order valence-electron chi connectivity index (χ2n) is 6.58. The Bertz CT molecular complexity index is 1160. The molecule has 1 amide bonds. The lowest BCUT2D eigenvalue weighted by Crippen LogP contribution is -2.43. The Labute approximate surface area is 204 Å². The van der Waals surface area contributed by atoms with Crippen LogP contribution in [0.2, 0.25) is 0 Å². The smallest absolute Gasteiger partial charge is 0.480 e. The maximum absolute atomic E-state index is 12.2. The molecule has 16 heteroatoms. The molecule has 1 aromatic carbocycles. The summed E-state index contributed by atoms with van der Waals surface area (Å²) in [5.74, 6) is -5.35. The Hall–Kier alpha value is -4.31. The number of amides is 1. The maximum Gasteiger partial charge on any atom is 0.490 e. The predicted molar refractivity (Wildman–Crippen MR) is 119 cm³/mol. The highest BCUT2D eigenvalue weighted by Crippen LogP contribution is 2.18. The van der Waals surface area contributed by atoms with Crippen LogP contribution in [0.3, 0.4) is 0 Å². The van der Waals surface area contributed by atoms with Crippen molar-refractivity contribution in [1.29, 1.82) is 5.41 Å². The number of aliphatic carboxylic acids is 2. The Kier molecular flexibility index (Phi) is 10.7. The third-order valence-corrected chi connectivity index (χ3v) is 4.63. The topological polar surface area (TPSA) is 213 Å². The van der Waals surface area contributed by atoms with Crippen molar-refractivity contribution in [3.63, 3.8) is 0 Å². The molecule has 0 radical (unpaired) electrons. The van der Waals surface area contributed by atoms with Crippen molar-refractivity contribution < 1.29 is 52.4 Å². The molecular formula is C20H19F3N4O8S. The Balaban J connectivity index is 0.000000809. The van der Waals surface area contributed by atoms with Crippen molar-refractivity contribution in [2.45, 2.75) is 19.1 Å². The molecule has 0 bridgehead atoms. The third kappa shape index (κ3) is 9.51. The minimum Gasteiger partial charge on any atom is -0.480 e. The summed E-state index contributed by atoms with van der Waals surface area (Å²) in [7, 11) is 0. The number of carboxylic acid groups (broad SMARTS) is 2. The molecule has 2 rings (SSSR count).